The summed E-state index contributed by atoms with van der Waals surface area (Å²) in [6, 6.07) is 11.8. The van der Waals surface area contributed by atoms with E-state index in [2.05, 4.69) is 21.0 Å². The van der Waals surface area contributed by atoms with E-state index < -0.39 is 0 Å². The number of nitrogens with zero attached hydrogens (tertiary/aromatic N) is 3. The summed E-state index contributed by atoms with van der Waals surface area (Å²) < 4.78 is 1.83. The van der Waals surface area contributed by atoms with Crippen molar-refractivity contribution >= 4 is 27.7 Å². The number of benzene rings is 1. The third kappa shape index (κ3) is 2.30. The first kappa shape index (κ1) is 12.4. The lowest BCUT2D eigenvalue weighted by molar-refractivity contribution is -0.117. The van der Waals surface area contributed by atoms with Crippen molar-refractivity contribution in [3.05, 3.63) is 42.1 Å². The van der Waals surface area contributed by atoms with Crippen LogP contribution >= 0.6 is 15.9 Å². The number of amides is 1. The Hall–Kier alpha value is -1.62. The number of carbonyl (C=O) groups is 1. The van der Waals surface area contributed by atoms with Crippen molar-refractivity contribution in [2.75, 3.05) is 11.4 Å². The number of aromatic nitrogens is 2. The molecule has 98 valence electrons. The third-order valence-electron chi connectivity index (χ3n) is 3.17. The molecule has 1 aromatic heterocycles. The number of halogens is 1. The summed E-state index contributed by atoms with van der Waals surface area (Å²) in [5.74, 6) is 0.981. The molecule has 19 heavy (non-hydrogen) atoms. The molecule has 0 bridgehead atoms. The van der Waals surface area contributed by atoms with Crippen LogP contribution in [0.4, 0.5) is 5.82 Å². The van der Waals surface area contributed by atoms with Gasteiger partial charge in [0, 0.05) is 23.9 Å². The van der Waals surface area contributed by atoms with Crippen LogP contribution < -0.4 is 4.90 Å². The van der Waals surface area contributed by atoms with E-state index in [0.717, 1.165) is 17.2 Å². The van der Waals surface area contributed by atoms with Gasteiger partial charge in [0.2, 0.25) is 5.91 Å². The van der Waals surface area contributed by atoms with Crippen molar-refractivity contribution < 1.29 is 4.79 Å². The zero-order valence-corrected chi connectivity index (χ0v) is 12.2. The lowest BCUT2D eigenvalue weighted by Gasteiger charge is -2.17. The van der Waals surface area contributed by atoms with Crippen molar-refractivity contribution in [1.82, 2.24) is 9.78 Å². The van der Waals surface area contributed by atoms with E-state index in [1.807, 2.05) is 48.0 Å². The van der Waals surface area contributed by atoms with E-state index in [-0.39, 0.29) is 10.7 Å². The standard InChI is InChI=1S/C14H14BrN3O/c1-10-7-13(17-9-11(15)8-14(17)19)18(16-10)12-5-3-2-4-6-12/h2-7,11H,8-9H2,1H3. The van der Waals surface area contributed by atoms with Gasteiger partial charge in [-0.05, 0) is 19.1 Å². The molecule has 1 aromatic carbocycles. The highest BCUT2D eigenvalue weighted by molar-refractivity contribution is 9.09. The topological polar surface area (TPSA) is 38.1 Å². The van der Waals surface area contributed by atoms with Crippen molar-refractivity contribution in [2.24, 2.45) is 0 Å². The Balaban J connectivity index is 2.05. The number of hydrogen-bond donors (Lipinski definition) is 0. The van der Waals surface area contributed by atoms with Crippen molar-refractivity contribution in [1.29, 1.82) is 0 Å². The Morgan fingerprint density at radius 2 is 2.05 bits per heavy atom. The van der Waals surface area contributed by atoms with Gasteiger partial charge in [-0.15, -0.1) is 0 Å². The zero-order valence-electron chi connectivity index (χ0n) is 10.6. The number of para-hydroxylation sites is 1. The summed E-state index contributed by atoms with van der Waals surface area (Å²) in [7, 11) is 0. The molecule has 1 fully saturated rings. The van der Waals surface area contributed by atoms with Crippen molar-refractivity contribution in [3.63, 3.8) is 0 Å². The molecule has 2 aromatic rings. The van der Waals surface area contributed by atoms with Crippen molar-refractivity contribution in [3.8, 4) is 5.69 Å². The van der Waals surface area contributed by atoms with Gasteiger partial charge in [-0.2, -0.15) is 5.10 Å². The van der Waals surface area contributed by atoms with Crippen LogP contribution in [0.2, 0.25) is 0 Å². The van der Waals surface area contributed by atoms with Gasteiger partial charge in [0.15, 0.2) is 0 Å². The molecular weight excluding hydrogens is 306 g/mol. The summed E-state index contributed by atoms with van der Waals surface area (Å²) in [5, 5.41) is 4.49. The fourth-order valence-corrected chi connectivity index (χ4v) is 2.89. The second kappa shape index (κ2) is 4.81. The van der Waals surface area contributed by atoms with Gasteiger partial charge in [-0.25, -0.2) is 4.68 Å². The average molecular weight is 320 g/mol. The summed E-state index contributed by atoms with van der Waals surface area (Å²) in [6.45, 7) is 2.63. The summed E-state index contributed by atoms with van der Waals surface area (Å²) in [6.07, 6.45) is 0.541. The van der Waals surface area contributed by atoms with Crippen molar-refractivity contribution in [2.45, 2.75) is 18.2 Å². The number of rotatable bonds is 2. The van der Waals surface area contributed by atoms with E-state index in [1.54, 1.807) is 4.90 Å². The minimum atomic E-state index is 0.138. The first-order valence-corrected chi connectivity index (χ1v) is 7.13. The minimum Gasteiger partial charge on any atom is -0.296 e. The minimum absolute atomic E-state index is 0.138. The Kier molecular flexibility index (Phi) is 3.14. The number of anilines is 1. The van der Waals surface area contributed by atoms with Gasteiger partial charge in [0.1, 0.15) is 5.82 Å². The molecule has 1 amide bonds. The fraction of sp³-hybridized carbons (Fsp3) is 0.286. The van der Waals surface area contributed by atoms with E-state index >= 15 is 0 Å². The Labute approximate surface area is 120 Å². The first-order chi connectivity index (χ1) is 9.15. The Morgan fingerprint density at radius 1 is 1.32 bits per heavy atom. The molecule has 1 saturated heterocycles. The molecular formula is C14H14BrN3O. The van der Waals surface area contributed by atoms with Gasteiger partial charge < -0.3 is 0 Å². The molecule has 1 unspecified atom stereocenters. The lowest BCUT2D eigenvalue weighted by Crippen LogP contribution is -2.27. The summed E-state index contributed by atoms with van der Waals surface area (Å²) >= 11 is 3.51. The van der Waals surface area contributed by atoms with E-state index in [4.69, 9.17) is 0 Å². The first-order valence-electron chi connectivity index (χ1n) is 6.21. The van der Waals surface area contributed by atoms with Gasteiger partial charge >= 0.3 is 0 Å². The van der Waals surface area contributed by atoms with Crippen LogP contribution in [0.1, 0.15) is 12.1 Å². The highest BCUT2D eigenvalue weighted by Crippen LogP contribution is 2.27. The normalized spacial score (nSPS) is 19.2. The van der Waals surface area contributed by atoms with Crippen LogP contribution in [0.5, 0.6) is 0 Å². The van der Waals surface area contributed by atoms with Gasteiger partial charge in [0.05, 0.1) is 11.4 Å². The zero-order chi connectivity index (χ0) is 13.4. The molecule has 0 radical (unpaired) electrons. The Bertz CT molecular complexity index is 608. The molecule has 3 rings (SSSR count). The van der Waals surface area contributed by atoms with Crippen LogP contribution in [0.25, 0.3) is 5.69 Å². The predicted molar refractivity (Wildman–Crippen MR) is 78.0 cm³/mol. The number of aryl methyl sites for hydroxylation is 1. The van der Waals surface area contributed by atoms with Crippen LogP contribution in [0.3, 0.4) is 0 Å². The van der Waals surface area contributed by atoms with Gasteiger partial charge in [0.25, 0.3) is 0 Å². The molecule has 0 aliphatic carbocycles. The maximum atomic E-state index is 12.0. The third-order valence-corrected chi connectivity index (χ3v) is 3.78. The van der Waals surface area contributed by atoms with Gasteiger partial charge in [-0.3, -0.25) is 9.69 Å². The van der Waals surface area contributed by atoms with E-state index in [9.17, 15) is 4.79 Å². The maximum Gasteiger partial charge on any atom is 0.229 e. The average Bonchev–Trinajstić information content (AvgIpc) is 2.93. The molecule has 5 heteroatoms. The van der Waals surface area contributed by atoms with Crippen LogP contribution in [-0.2, 0) is 4.79 Å². The highest BCUT2D eigenvalue weighted by Gasteiger charge is 2.31. The van der Waals surface area contributed by atoms with Gasteiger partial charge in [-0.1, -0.05) is 34.1 Å². The Morgan fingerprint density at radius 3 is 2.68 bits per heavy atom. The molecule has 0 saturated carbocycles. The SMILES string of the molecule is Cc1cc(N2CC(Br)CC2=O)n(-c2ccccc2)n1. The fourth-order valence-electron chi connectivity index (χ4n) is 2.32. The molecule has 0 N–H and O–H groups in total. The van der Waals surface area contributed by atoms with E-state index in [1.165, 1.54) is 0 Å². The molecule has 4 nitrogen and oxygen atoms in total. The highest BCUT2D eigenvalue weighted by atomic mass is 79.9. The second-order valence-corrected chi connectivity index (χ2v) is 5.99. The van der Waals surface area contributed by atoms with Crippen LogP contribution in [-0.4, -0.2) is 27.1 Å². The second-order valence-electron chi connectivity index (χ2n) is 4.70. The maximum absolute atomic E-state index is 12.0. The molecule has 2 heterocycles. The lowest BCUT2D eigenvalue weighted by atomic mass is 10.3. The quantitative estimate of drug-likeness (QED) is 0.798. The molecule has 1 aliphatic rings. The monoisotopic (exact) mass is 319 g/mol. The number of carbonyl (C=O) groups excluding carboxylic acids is 1. The summed E-state index contributed by atoms with van der Waals surface area (Å²) in [5.41, 5.74) is 1.88. The van der Waals surface area contributed by atoms with Crippen LogP contribution in [0.15, 0.2) is 36.4 Å². The van der Waals surface area contributed by atoms with E-state index in [0.29, 0.717) is 13.0 Å². The smallest absolute Gasteiger partial charge is 0.229 e. The predicted octanol–water partition coefficient (Wildman–Crippen LogP) is 2.68. The van der Waals surface area contributed by atoms with Crippen LogP contribution in [0, 0.1) is 6.92 Å². The molecule has 0 spiro atoms. The number of hydrogen-bond acceptors (Lipinski definition) is 2. The molecule has 1 aliphatic heterocycles. The summed E-state index contributed by atoms with van der Waals surface area (Å²) in [4.78, 5) is 14.1. The number of alkyl halides is 1. The molecule has 1 atom stereocenters. The largest absolute Gasteiger partial charge is 0.296 e.